The molecule has 0 N–H and O–H groups in total. The van der Waals surface area contributed by atoms with Gasteiger partial charge in [0.05, 0.1) is 0 Å². The molecular weight excluding hydrogens is 237 g/mol. The van der Waals surface area contributed by atoms with Crippen LogP contribution in [-0.2, 0) is 6.42 Å². The van der Waals surface area contributed by atoms with E-state index in [0.717, 1.165) is 6.42 Å². The second kappa shape index (κ2) is 6.99. The van der Waals surface area contributed by atoms with Crippen LogP contribution in [-0.4, -0.2) is 9.91 Å². The van der Waals surface area contributed by atoms with Crippen molar-refractivity contribution in [3.63, 3.8) is 0 Å². The van der Waals surface area contributed by atoms with Gasteiger partial charge in [0.1, 0.15) is 0 Å². The van der Waals surface area contributed by atoms with Crippen LogP contribution in [0.2, 0.25) is 0 Å². The lowest BCUT2D eigenvalue weighted by Crippen LogP contribution is -1.77. The summed E-state index contributed by atoms with van der Waals surface area (Å²) in [7, 11) is 0. The molecule has 10 heavy (non-hydrogen) atoms. The van der Waals surface area contributed by atoms with Gasteiger partial charge in [-0.05, 0) is 23.0 Å². The number of alkyl halides is 1. The fourth-order valence-corrected chi connectivity index (χ4v) is 0.607. The Balaban J connectivity index is 0.000000371. The molecule has 0 aromatic carbocycles. The van der Waals surface area contributed by atoms with Gasteiger partial charge >= 0.3 is 0 Å². The molecule has 1 rings (SSSR count). The van der Waals surface area contributed by atoms with Gasteiger partial charge < -0.3 is 0 Å². The Morgan fingerprint density at radius 2 is 2.20 bits per heavy atom. The molecule has 0 aliphatic rings. The first-order valence-corrected chi connectivity index (χ1v) is 5.36. The first kappa shape index (κ1) is 9.88. The van der Waals surface area contributed by atoms with Crippen molar-refractivity contribution < 1.29 is 0 Å². The molecule has 0 bridgehead atoms. The van der Waals surface area contributed by atoms with Gasteiger partial charge in [0.2, 0.25) is 0 Å². The summed E-state index contributed by atoms with van der Waals surface area (Å²) in [5.41, 5.74) is 1.30. The van der Waals surface area contributed by atoms with E-state index in [1.54, 1.807) is 6.20 Å². The van der Waals surface area contributed by atoms with Crippen LogP contribution in [0.5, 0.6) is 0 Å². The lowest BCUT2D eigenvalue weighted by Gasteiger charge is -1.88. The van der Waals surface area contributed by atoms with Gasteiger partial charge in [0, 0.05) is 12.4 Å². The van der Waals surface area contributed by atoms with Crippen molar-refractivity contribution in [3.8, 4) is 0 Å². The highest BCUT2D eigenvalue weighted by molar-refractivity contribution is 14.1. The van der Waals surface area contributed by atoms with Gasteiger partial charge in [0.15, 0.2) is 0 Å². The van der Waals surface area contributed by atoms with E-state index in [9.17, 15) is 0 Å². The summed E-state index contributed by atoms with van der Waals surface area (Å²) in [4.78, 5) is 5.93. The molecule has 0 radical (unpaired) electrons. The van der Waals surface area contributed by atoms with Crippen LogP contribution in [0, 0.1) is 0 Å². The Bertz CT molecular complexity index is 151. The molecule has 0 amide bonds. The summed E-state index contributed by atoms with van der Waals surface area (Å²) >= 11 is 2.15. The Hall–Kier alpha value is -0.120. The van der Waals surface area contributed by atoms with Crippen molar-refractivity contribution in [1.29, 1.82) is 0 Å². The van der Waals surface area contributed by atoms with Gasteiger partial charge in [-0.2, -0.15) is 0 Å². The summed E-state index contributed by atoms with van der Waals surface area (Å²) < 4.78 is 0. The molecule has 56 valence electrons. The Morgan fingerprint density at radius 1 is 1.50 bits per heavy atom. The summed E-state index contributed by atoms with van der Waals surface area (Å²) in [6.07, 6.45) is 4.76. The summed E-state index contributed by atoms with van der Waals surface area (Å²) in [5, 5.41) is 0. The van der Waals surface area contributed by atoms with E-state index >= 15 is 0 Å². The summed E-state index contributed by atoms with van der Waals surface area (Å²) in [5.74, 6) is 0. The summed E-state index contributed by atoms with van der Waals surface area (Å²) in [6.45, 7) is 2.12. The predicted molar refractivity (Wildman–Crippen MR) is 53.6 cm³/mol. The van der Waals surface area contributed by atoms with E-state index in [2.05, 4.69) is 40.6 Å². The number of aryl methyl sites for hydroxylation is 1. The topological polar surface area (TPSA) is 12.9 Å². The van der Waals surface area contributed by atoms with Crippen LogP contribution in [0.25, 0.3) is 0 Å². The predicted octanol–water partition coefficient (Wildman–Crippen LogP) is 2.70. The highest BCUT2D eigenvalue weighted by Gasteiger charge is 1.81. The molecule has 0 fully saturated rings. The maximum atomic E-state index is 3.96. The minimum absolute atomic E-state index is 1.08. The fourth-order valence-electron chi connectivity index (χ4n) is 0.607. The van der Waals surface area contributed by atoms with Crippen molar-refractivity contribution in [2.24, 2.45) is 0 Å². The standard InChI is InChI=1S/C7H9N.CH3I/c1-2-7-4-3-5-8-6-7;1-2/h3-6H,2H2,1H3;1H3. The number of rotatable bonds is 1. The zero-order valence-electron chi connectivity index (χ0n) is 6.34. The van der Waals surface area contributed by atoms with E-state index in [1.165, 1.54) is 5.56 Å². The molecule has 1 aromatic heterocycles. The number of halogens is 1. The van der Waals surface area contributed by atoms with Crippen LogP contribution in [0.15, 0.2) is 24.5 Å². The van der Waals surface area contributed by atoms with Crippen LogP contribution < -0.4 is 0 Å². The number of hydrogen-bond acceptors (Lipinski definition) is 1. The quantitative estimate of drug-likeness (QED) is 0.550. The molecule has 0 saturated heterocycles. The van der Waals surface area contributed by atoms with Gasteiger partial charge in [-0.25, -0.2) is 0 Å². The van der Waals surface area contributed by atoms with Crippen LogP contribution in [0.4, 0.5) is 0 Å². The second-order valence-electron chi connectivity index (χ2n) is 1.71. The normalized spacial score (nSPS) is 7.90. The average Bonchev–Trinajstić information content (AvgIpc) is 2.10. The van der Waals surface area contributed by atoms with Crippen LogP contribution >= 0.6 is 22.6 Å². The minimum Gasteiger partial charge on any atom is -0.264 e. The SMILES string of the molecule is CCc1cccnc1.CI. The lowest BCUT2D eigenvalue weighted by molar-refractivity contribution is 1.10. The van der Waals surface area contributed by atoms with Crippen molar-refractivity contribution in [2.75, 3.05) is 4.93 Å². The third-order valence-electron chi connectivity index (χ3n) is 1.13. The van der Waals surface area contributed by atoms with Crippen molar-refractivity contribution in [3.05, 3.63) is 30.1 Å². The van der Waals surface area contributed by atoms with E-state index in [-0.39, 0.29) is 0 Å². The first-order valence-electron chi connectivity index (χ1n) is 3.20. The maximum Gasteiger partial charge on any atom is 0.0299 e. The molecule has 1 nitrogen and oxygen atoms in total. The van der Waals surface area contributed by atoms with E-state index in [0.29, 0.717) is 0 Å². The number of aromatic nitrogens is 1. The van der Waals surface area contributed by atoms with Crippen LogP contribution in [0.1, 0.15) is 12.5 Å². The smallest absolute Gasteiger partial charge is 0.0299 e. The van der Waals surface area contributed by atoms with Crippen LogP contribution in [0.3, 0.4) is 0 Å². The van der Waals surface area contributed by atoms with E-state index < -0.39 is 0 Å². The molecule has 2 heteroatoms. The van der Waals surface area contributed by atoms with E-state index in [4.69, 9.17) is 0 Å². The zero-order valence-corrected chi connectivity index (χ0v) is 8.50. The Labute approximate surface area is 76.0 Å². The minimum atomic E-state index is 1.08. The highest BCUT2D eigenvalue weighted by atomic mass is 127. The van der Waals surface area contributed by atoms with Gasteiger partial charge in [-0.3, -0.25) is 4.98 Å². The van der Waals surface area contributed by atoms with Gasteiger partial charge in [0.25, 0.3) is 0 Å². The summed E-state index contributed by atoms with van der Waals surface area (Å²) in [6, 6.07) is 4.03. The van der Waals surface area contributed by atoms with Crippen molar-refractivity contribution >= 4 is 22.6 Å². The maximum absolute atomic E-state index is 3.96. The molecule has 0 spiro atoms. The van der Waals surface area contributed by atoms with Crippen molar-refractivity contribution in [2.45, 2.75) is 13.3 Å². The monoisotopic (exact) mass is 249 g/mol. The molecule has 0 aliphatic heterocycles. The third-order valence-corrected chi connectivity index (χ3v) is 1.13. The molecule has 0 atom stereocenters. The average molecular weight is 249 g/mol. The second-order valence-corrected chi connectivity index (χ2v) is 1.71. The third kappa shape index (κ3) is 3.82. The zero-order chi connectivity index (χ0) is 7.82. The van der Waals surface area contributed by atoms with Crippen molar-refractivity contribution in [1.82, 2.24) is 4.98 Å². The highest BCUT2D eigenvalue weighted by Crippen LogP contribution is 1.93. The number of nitrogens with zero attached hydrogens (tertiary/aromatic N) is 1. The number of pyridine rings is 1. The van der Waals surface area contributed by atoms with Gasteiger partial charge in [-0.1, -0.05) is 35.6 Å². The fraction of sp³-hybridized carbons (Fsp3) is 0.375. The Kier molecular flexibility index (Phi) is 6.91. The largest absolute Gasteiger partial charge is 0.264 e. The molecule has 0 aliphatic carbocycles. The van der Waals surface area contributed by atoms with E-state index in [1.807, 2.05) is 17.2 Å². The molecular formula is C8H12IN. The molecule has 1 aromatic rings. The first-order chi connectivity index (χ1) is 4.93. The lowest BCUT2D eigenvalue weighted by atomic mass is 10.2. The number of hydrogen-bond donors (Lipinski definition) is 0. The van der Waals surface area contributed by atoms with Gasteiger partial charge in [-0.15, -0.1) is 0 Å². The molecule has 0 unspecified atom stereocenters. The molecule has 1 heterocycles. The Morgan fingerprint density at radius 3 is 2.50 bits per heavy atom. The molecule has 0 saturated carbocycles.